The molecule has 3 atom stereocenters. The maximum absolute atomic E-state index is 13.0. The number of ether oxygens (including phenoxy) is 1. The fraction of sp³-hybridized carbons (Fsp3) is 0.636. The third kappa shape index (κ3) is 3.02. The van der Waals surface area contributed by atoms with Gasteiger partial charge in [-0.15, -0.1) is 0 Å². The zero-order chi connectivity index (χ0) is 18.4. The number of hydrogen-bond acceptors (Lipinski definition) is 3. The lowest BCUT2D eigenvalue weighted by Crippen LogP contribution is -2.52. The molecule has 0 heterocycles. The van der Waals surface area contributed by atoms with Gasteiger partial charge >= 0.3 is 5.97 Å². The van der Waals surface area contributed by atoms with E-state index < -0.39 is 0 Å². The first kappa shape index (κ1) is 18.2. The summed E-state index contributed by atoms with van der Waals surface area (Å²) in [6.45, 7) is 10.7. The summed E-state index contributed by atoms with van der Waals surface area (Å²) in [5, 5.41) is 0. The lowest BCUT2D eigenvalue weighted by atomic mass is 9.49. The molecule has 0 saturated heterocycles. The van der Waals surface area contributed by atoms with E-state index in [0.717, 1.165) is 24.8 Å². The summed E-state index contributed by atoms with van der Waals surface area (Å²) in [7, 11) is 0. The van der Waals surface area contributed by atoms with Crippen molar-refractivity contribution in [2.24, 2.45) is 11.3 Å². The zero-order valence-corrected chi connectivity index (χ0v) is 16.1. The Morgan fingerprint density at radius 1 is 1.28 bits per heavy atom. The Hall–Kier alpha value is -1.64. The van der Waals surface area contributed by atoms with Crippen LogP contribution in [0.25, 0.3) is 0 Å². The number of esters is 1. The lowest BCUT2D eigenvalue weighted by Gasteiger charge is -2.54. The molecule has 1 fully saturated rings. The van der Waals surface area contributed by atoms with Crippen LogP contribution in [0.5, 0.6) is 0 Å². The number of ketones is 1. The van der Waals surface area contributed by atoms with Gasteiger partial charge < -0.3 is 4.74 Å². The summed E-state index contributed by atoms with van der Waals surface area (Å²) in [4.78, 5) is 24.3. The standard InChI is InChI=1S/C22H30O3/c1-14(2)16-7-8-18-17(11-16)19(24)12-20-21(4,13-25-15(3)23)9-6-10-22(18,20)5/h7-8,11,14,20H,6,9-10,12-13H2,1-5H3/t20-,21-,22+/m0/s1. The number of Topliss-reactive ketones (excluding diaryl/α,β-unsaturated/α-hetero) is 1. The smallest absolute Gasteiger partial charge is 0.302 e. The van der Waals surface area contributed by atoms with Crippen LogP contribution in [0.4, 0.5) is 0 Å². The van der Waals surface area contributed by atoms with Crippen LogP contribution in [0.1, 0.15) is 87.7 Å². The molecule has 1 aromatic carbocycles. The fourth-order valence-corrected chi connectivity index (χ4v) is 5.16. The van der Waals surface area contributed by atoms with E-state index in [9.17, 15) is 9.59 Å². The second-order valence-electron chi connectivity index (χ2n) is 8.84. The molecule has 0 N–H and O–H groups in total. The first-order valence-electron chi connectivity index (χ1n) is 9.48. The van der Waals surface area contributed by atoms with Crippen molar-refractivity contribution in [1.29, 1.82) is 0 Å². The van der Waals surface area contributed by atoms with Crippen LogP contribution in [0.3, 0.4) is 0 Å². The summed E-state index contributed by atoms with van der Waals surface area (Å²) < 4.78 is 5.40. The highest BCUT2D eigenvalue weighted by molar-refractivity contribution is 5.99. The average molecular weight is 342 g/mol. The first-order chi connectivity index (χ1) is 11.7. The van der Waals surface area contributed by atoms with Crippen LogP contribution in [0.2, 0.25) is 0 Å². The second kappa shape index (κ2) is 6.26. The minimum absolute atomic E-state index is 0.0219. The molecule has 0 aliphatic heterocycles. The molecule has 0 aromatic heterocycles. The van der Waals surface area contributed by atoms with Crippen LogP contribution in [0, 0.1) is 11.3 Å². The van der Waals surface area contributed by atoms with Crippen LogP contribution in [0.15, 0.2) is 18.2 Å². The van der Waals surface area contributed by atoms with Crippen molar-refractivity contribution in [2.75, 3.05) is 6.61 Å². The Labute approximate surface area is 151 Å². The van der Waals surface area contributed by atoms with Crippen LogP contribution < -0.4 is 0 Å². The van der Waals surface area contributed by atoms with Crippen LogP contribution >= 0.6 is 0 Å². The lowest BCUT2D eigenvalue weighted by molar-refractivity contribution is -0.148. The quantitative estimate of drug-likeness (QED) is 0.724. The van der Waals surface area contributed by atoms with Gasteiger partial charge in [0.25, 0.3) is 0 Å². The summed E-state index contributed by atoms with van der Waals surface area (Å²) in [5.41, 5.74) is 3.19. The average Bonchev–Trinajstić information content (AvgIpc) is 2.55. The highest BCUT2D eigenvalue weighted by Crippen LogP contribution is 2.57. The minimum atomic E-state index is -0.238. The van der Waals surface area contributed by atoms with Gasteiger partial charge in [-0.2, -0.15) is 0 Å². The number of fused-ring (bicyclic) bond motifs is 3. The van der Waals surface area contributed by atoms with Gasteiger partial charge in [0, 0.05) is 24.3 Å². The van der Waals surface area contributed by atoms with E-state index in [1.54, 1.807) is 0 Å². The van der Waals surface area contributed by atoms with Gasteiger partial charge in [0.2, 0.25) is 0 Å². The number of rotatable bonds is 3. The zero-order valence-electron chi connectivity index (χ0n) is 16.1. The number of carbonyl (C=O) groups excluding carboxylic acids is 2. The van der Waals surface area contributed by atoms with E-state index in [2.05, 4.69) is 45.9 Å². The molecular formula is C22H30O3. The van der Waals surface area contributed by atoms with Crippen molar-refractivity contribution < 1.29 is 14.3 Å². The van der Waals surface area contributed by atoms with E-state index in [-0.39, 0.29) is 28.5 Å². The van der Waals surface area contributed by atoms with E-state index in [1.165, 1.54) is 18.1 Å². The van der Waals surface area contributed by atoms with Crippen molar-refractivity contribution in [3.8, 4) is 0 Å². The predicted octanol–water partition coefficient (Wildman–Crippen LogP) is 5.02. The molecule has 3 heteroatoms. The molecule has 3 rings (SSSR count). The summed E-state index contributed by atoms with van der Waals surface area (Å²) in [5.74, 6) is 0.649. The van der Waals surface area contributed by atoms with Gasteiger partial charge in [-0.25, -0.2) is 0 Å². The monoisotopic (exact) mass is 342 g/mol. The Balaban J connectivity index is 2.03. The van der Waals surface area contributed by atoms with Crippen molar-refractivity contribution in [3.63, 3.8) is 0 Å². The number of benzene rings is 1. The van der Waals surface area contributed by atoms with Crippen molar-refractivity contribution in [2.45, 2.75) is 71.6 Å². The van der Waals surface area contributed by atoms with Gasteiger partial charge in [0.05, 0.1) is 6.61 Å². The molecule has 0 radical (unpaired) electrons. The first-order valence-corrected chi connectivity index (χ1v) is 9.48. The van der Waals surface area contributed by atoms with Crippen molar-refractivity contribution in [3.05, 3.63) is 34.9 Å². The Morgan fingerprint density at radius 2 is 2.00 bits per heavy atom. The number of hydrogen-bond donors (Lipinski definition) is 0. The molecular weight excluding hydrogens is 312 g/mol. The largest absolute Gasteiger partial charge is 0.465 e. The third-order valence-corrected chi connectivity index (χ3v) is 6.68. The van der Waals surface area contributed by atoms with E-state index in [4.69, 9.17) is 4.74 Å². The maximum Gasteiger partial charge on any atom is 0.302 e. The van der Waals surface area contributed by atoms with Gasteiger partial charge in [-0.3, -0.25) is 9.59 Å². The van der Waals surface area contributed by atoms with E-state index >= 15 is 0 Å². The van der Waals surface area contributed by atoms with E-state index in [1.807, 2.05) is 0 Å². The Kier molecular flexibility index (Phi) is 4.55. The van der Waals surface area contributed by atoms with Gasteiger partial charge in [0.15, 0.2) is 5.78 Å². The third-order valence-electron chi connectivity index (χ3n) is 6.68. The molecule has 1 saturated carbocycles. The SMILES string of the molecule is CC(=O)OC[C@]1(C)CCC[C@]2(C)c3ccc(C(C)C)cc3C(=O)C[C@@H]12. The van der Waals surface area contributed by atoms with E-state index in [0.29, 0.717) is 18.9 Å². The highest BCUT2D eigenvalue weighted by atomic mass is 16.5. The molecule has 2 aliphatic rings. The molecule has 0 spiro atoms. The molecule has 136 valence electrons. The molecule has 0 amide bonds. The van der Waals surface area contributed by atoms with Gasteiger partial charge in [0.1, 0.15) is 0 Å². The molecule has 0 bridgehead atoms. The maximum atomic E-state index is 13.0. The predicted molar refractivity (Wildman–Crippen MR) is 98.9 cm³/mol. The molecule has 1 aromatic rings. The normalized spacial score (nSPS) is 31.4. The topological polar surface area (TPSA) is 43.4 Å². The minimum Gasteiger partial charge on any atom is -0.465 e. The number of carbonyl (C=O) groups is 2. The Bertz CT molecular complexity index is 705. The highest BCUT2D eigenvalue weighted by Gasteiger charge is 2.54. The van der Waals surface area contributed by atoms with Gasteiger partial charge in [-0.05, 0) is 47.3 Å². The molecule has 25 heavy (non-hydrogen) atoms. The van der Waals surface area contributed by atoms with Crippen molar-refractivity contribution >= 4 is 11.8 Å². The van der Waals surface area contributed by atoms with Crippen molar-refractivity contribution in [1.82, 2.24) is 0 Å². The van der Waals surface area contributed by atoms with Gasteiger partial charge in [-0.1, -0.05) is 46.2 Å². The summed E-state index contributed by atoms with van der Waals surface area (Å²) >= 11 is 0. The molecule has 0 unspecified atom stereocenters. The van der Waals surface area contributed by atoms with Crippen LogP contribution in [-0.2, 0) is 14.9 Å². The molecule has 2 aliphatic carbocycles. The van der Waals surface area contributed by atoms with Crippen LogP contribution in [-0.4, -0.2) is 18.4 Å². The Morgan fingerprint density at radius 3 is 2.64 bits per heavy atom. The fourth-order valence-electron chi connectivity index (χ4n) is 5.16. The second-order valence-corrected chi connectivity index (χ2v) is 8.84. The summed E-state index contributed by atoms with van der Waals surface area (Å²) in [6.07, 6.45) is 3.76. The molecule has 3 nitrogen and oxygen atoms in total. The summed E-state index contributed by atoms with van der Waals surface area (Å²) in [6, 6.07) is 6.48.